The molecule has 0 fully saturated rings. The van der Waals surface area contributed by atoms with Crippen LogP contribution in [-0.2, 0) is 28.4 Å². The predicted octanol–water partition coefficient (Wildman–Crippen LogP) is 3.98. The lowest BCUT2D eigenvalue weighted by Crippen LogP contribution is -1.87. The normalized spacial score (nSPS) is 8.09. The van der Waals surface area contributed by atoms with Crippen molar-refractivity contribution in [3.05, 3.63) is 0 Å². The van der Waals surface area contributed by atoms with Gasteiger partial charge in [0, 0.05) is 55.9 Å². The van der Waals surface area contributed by atoms with Crippen LogP contribution < -0.4 is 0 Å². The fraction of sp³-hybridized carbons (Fsp3) is 1.00. The first-order valence-electron chi connectivity index (χ1n) is 8.01. The van der Waals surface area contributed by atoms with Gasteiger partial charge in [0.15, 0.2) is 0 Å². The van der Waals surface area contributed by atoms with Gasteiger partial charge in [-0.2, -0.15) is 0 Å². The van der Waals surface area contributed by atoms with Crippen LogP contribution in [0.2, 0.25) is 0 Å². The van der Waals surface area contributed by atoms with E-state index in [1.165, 1.54) is 6.42 Å². The molecule has 0 saturated heterocycles. The second-order valence-corrected chi connectivity index (χ2v) is 4.08. The van der Waals surface area contributed by atoms with Crippen molar-refractivity contribution >= 4 is 0 Å². The zero-order valence-electron chi connectivity index (χ0n) is 17.4. The van der Waals surface area contributed by atoms with E-state index in [1.807, 2.05) is 0 Å². The Kier molecular flexibility index (Phi) is 85.6. The Labute approximate surface area is 145 Å². The summed E-state index contributed by atoms with van der Waals surface area (Å²) in [6, 6.07) is 0. The van der Waals surface area contributed by atoms with Gasteiger partial charge in [0.2, 0.25) is 0 Å². The Morgan fingerprint density at radius 2 is 0.652 bits per heavy atom. The molecule has 0 aromatic heterocycles. The van der Waals surface area contributed by atoms with Gasteiger partial charge in [-0.05, 0) is 12.8 Å². The number of hydrogen-bond donors (Lipinski definition) is 0. The van der Waals surface area contributed by atoms with Gasteiger partial charge in [0.25, 0.3) is 0 Å². The van der Waals surface area contributed by atoms with Gasteiger partial charge in [0.05, 0.1) is 0 Å². The first kappa shape index (κ1) is 34.2. The third-order valence-corrected chi connectivity index (χ3v) is 1.29. The zero-order valence-corrected chi connectivity index (χ0v) is 17.4. The summed E-state index contributed by atoms with van der Waals surface area (Å²) in [5.74, 6) is 0. The quantitative estimate of drug-likeness (QED) is 0.621. The lowest BCUT2D eigenvalue weighted by Gasteiger charge is -1.87. The highest BCUT2D eigenvalue weighted by Gasteiger charge is 1.66. The summed E-state index contributed by atoms with van der Waals surface area (Å²) in [5, 5.41) is 0. The highest BCUT2D eigenvalue weighted by Crippen LogP contribution is 1.71. The van der Waals surface area contributed by atoms with Crippen molar-refractivity contribution in [2.75, 3.05) is 69.5 Å². The van der Waals surface area contributed by atoms with E-state index in [4.69, 9.17) is 9.47 Å². The van der Waals surface area contributed by atoms with Crippen molar-refractivity contribution in [1.82, 2.24) is 0 Å². The summed E-state index contributed by atoms with van der Waals surface area (Å²) in [6.07, 6.45) is 3.49. The molecular formula is C17H44O6. The number of hydrogen-bond acceptors (Lipinski definition) is 6. The highest BCUT2D eigenvalue weighted by atomic mass is 16.7. The topological polar surface area (TPSA) is 55.4 Å². The fourth-order valence-corrected chi connectivity index (χ4v) is 0.644. The molecule has 6 heteroatoms. The van der Waals surface area contributed by atoms with Gasteiger partial charge in [-0.3, -0.25) is 0 Å². The summed E-state index contributed by atoms with van der Waals surface area (Å²) >= 11 is 0. The molecule has 0 bridgehead atoms. The van der Waals surface area contributed by atoms with Gasteiger partial charge < -0.3 is 28.4 Å². The predicted molar refractivity (Wildman–Crippen MR) is 98.1 cm³/mol. The maximum atomic E-state index is 4.69. The molecular weight excluding hydrogens is 300 g/mol. The molecule has 0 unspecified atom stereocenters. The van der Waals surface area contributed by atoms with E-state index < -0.39 is 0 Å². The third kappa shape index (κ3) is 141. The molecule has 0 heterocycles. The molecule has 23 heavy (non-hydrogen) atoms. The standard InChI is InChI=1S/2C4H10O.2C3H8O2.C3H8/c2*1-3-4-5-2;2*1-4-3-5-2;1-3-2/h2*3-4H2,1-2H3;2*3H2,1-2H3;3H2,1-2H3. The Morgan fingerprint density at radius 1 is 0.435 bits per heavy atom. The van der Waals surface area contributed by atoms with Crippen LogP contribution in [-0.4, -0.2) is 69.5 Å². The monoisotopic (exact) mass is 344 g/mol. The van der Waals surface area contributed by atoms with Crippen LogP contribution in [0.4, 0.5) is 0 Å². The first-order valence-corrected chi connectivity index (χ1v) is 8.01. The Balaban J connectivity index is -0.0000000593. The maximum absolute atomic E-state index is 4.69. The van der Waals surface area contributed by atoms with Crippen LogP contribution in [0.1, 0.15) is 47.0 Å². The molecule has 0 atom stereocenters. The third-order valence-electron chi connectivity index (χ3n) is 1.29. The van der Waals surface area contributed by atoms with Crippen molar-refractivity contribution in [2.24, 2.45) is 0 Å². The molecule has 0 rings (SSSR count). The molecule has 0 spiro atoms. The molecule has 0 aromatic rings. The van der Waals surface area contributed by atoms with E-state index in [1.54, 1.807) is 42.7 Å². The van der Waals surface area contributed by atoms with E-state index in [0.717, 1.165) is 26.1 Å². The van der Waals surface area contributed by atoms with Gasteiger partial charge in [-0.1, -0.05) is 34.1 Å². The number of ether oxygens (including phenoxy) is 6. The maximum Gasteiger partial charge on any atom is 0.145 e. The summed E-state index contributed by atoms with van der Waals surface area (Å²) in [5.41, 5.74) is 0. The molecule has 0 aliphatic heterocycles. The molecule has 0 N–H and O–H groups in total. The molecule has 0 aromatic carbocycles. The Bertz CT molecular complexity index is 83.3. The Hall–Kier alpha value is -0.240. The van der Waals surface area contributed by atoms with Crippen LogP contribution in [0.15, 0.2) is 0 Å². The van der Waals surface area contributed by atoms with Crippen LogP contribution in [0.3, 0.4) is 0 Å². The van der Waals surface area contributed by atoms with E-state index in [9.17, 15) is 0 Å². The van der Waals surface area contributed by atoms with Crippen LogP contribution in [0, 0.1) is 0 Å². The van der Waals surface area contributed by atoms with Crippen molar-refractivity contribution in [3.8, 4) is 0 Å². The first-order chi connectivity index (χ1) is 11.1. The van der Waals surface area contributed by atoms with Crippen molar-refractivity contribution in [2.45, 2.75) is 47.0 Å². The van der Waals surface area contributed by atoms with Crippen molar-refractivity contribution in [1.29, 1.82) is 0 Å². The van der Waals surface area contributed by atoms with Crippen molar-refractivity contribution in [3.63, 3.8) is 0 Å². The second kappa shape index (κ2) is 57.6. The minimum Gasteiger partial charge on any atom is -0.385 e. The van der Waals surface area contributed by atoms with E-state index in [-0.39, 0.29) is 0 Å². The van der Waals surface area contributed by atoms with Crippen LogP contribution in [0.5, 0.6) is 0 Å². The SMILES string of the molecule is CCC.CCCOC.CCCOC.COCOC.COCOC. The minimum atomic E-state index is 0.389. The van der Waals surface area contributed by atoms with E-state index in [2.05, 4.69) is 46.6 Å². The average molecular weight is 345 g/mol. The molecule has 6 nitrogen and oxygen atoms in total. The molecule has 0 radical (unpaired) electrons. The van der Waals surface area contributed by atoms with Gasteiger partial charge in [-0.25, -0.2) is 0 Å². The molecule has 0 saturated carbocycles. The summed E-state index contributed by atoms with van der Waals surface area (Å²) in [7, 11) is 9.77. The summed E-state index contributed by atoms with van der Waals surface area (Å²) < 4.78 is 27.3. The van der Waals surface area contributed by atoms with Crippen LogP contribution in [0.25, 0.3) is 0 Å². The average Bonchev–Trinajstić information content (AvgIpc) is 2.53. The van der Waals surface area contributed by atoms with Crippen molar-refractivity contribution < 1.29 is 28.4 Å². The lowest BCUT2D eigenvalue weighted by atomic mass is 10.5. The van der Waals surface area contributed by atoms with E-state index in [0.29, 0.717) is 13.6 Å². The highest BCUT2D eigenvalue weighted by molar-refractivity contribution is 4.15. The number of rotatable bonds is 8. The number of methoxy groups -OCH3 is 6. The van der Waals surface area contributed by atoms with Gasteiger partial charge >= 0.3 is 0 Å². The van der Waals surface area contributed by atoms with Gasteiger partial charge in [-0.15, -0.1) is 0 Å². The van der Waals surface area contributed by atoms with Gasteiger partial charge in [0.1, 0.15) is 13.6 Å². The fourth-order valence-electron chi connectivity index (χ4n) is 0.644. The summed E-state index contributed by atoms with van der Waals surface area (Å²) in [4.78, 5) is 0. The zero-order chi connectivity index (χ0) is 19.2. The molecule has 148 valence electrons. The van der Waals surface area contributed by atoms with E-state index >= 15 is 0 Å². The second-order valence-electron chi connectivity index (χ2n) is 4.08. The Morgan fingerprint density at radius 3 is 0.652 bits per heavy atom. The summed E-state index contributed by atoms with van der Waals surface area (Å²) in [6.45, 7) is 11.0. The largest absolute Gasteiger partial charge is 0.385 e. The van der Waals surface area contributed by atoms with Crippen LogP contribution >= 0.6 is 0 Å². The molecule has 0 aliphatic rings. The molecule has 0 aliphatic carbocycles. The minimum absolute atomic E-state index is 0.389. The lowest BCUT2D eigenvalue weighted by molar-refractivity contribution is -0.00282. The smallest absolute Gasteiger partial charge is 0.145 e. The molecule has 0 amide bonds.